The van der Waals surface area contributed by atoms with Crippen LogP contribution in [0.2, 0.25) is 0 Å². The molecule has 2 N–H and O–H groups in total. The quantitative estimate of drug-likeness (QED) is 0.617. The van der Waals surface area contributed by atoms with Crippen molar-refractivity contribution in [2.75, 3.05) is 16.9 Å². The number of carbonyl (C=O) groups excluding carboxylic acids is 2. The summed E-state index contributed by atoms with van der Waals surface area (Å²) in [4.78, 5) is 24.8. The van der Waals surface area contributed by atoms with E-state index in [0.29, 0.717) is 10.6 Å². The highest BCUT2D eigenvalue weighted by Gasteiger charge is 2.14. The fraction of sp³-hybridized carbons (Fsp3) is 0.0526. The van der Waals surface area contributed by atoms with Crippen LogP contribution in [0.1, 0.15) is 20.0 Å². The Kier molecular flexibility index (Phi) is 5.57. The second-order valence-electron chi connectivity index (χ2n) is 5.88. The van der Waals surface area contributed by atoms with Crippen molar-refractivity contribution in [3.8, 4) is 0 Å². The van der Waals surface area contributed by atoms with E-state index in [1.165, 1.54) is 23.5 Å². The smallest absolute Gasteiger partial charge is 0.265 e. The fourth-order valence-corrected chi connectivity index (χ4v) is 3.60. The molecule has 1 aromatic heterocycles. The van der Waals surface area contributed by atoms with Crippen molar-refractivity contribution in [3.63, 3.8) is 0 Å². The number of amides is 2. The van der Waals surface area contributed by atoms with Gasteiger partial charge in [0.05, 0.1) is 15.5 Å². The van der Waals surface area contributed by atoms with Gasteiger partial charge in [0.2, 0.25) is 0 Å². The number of rotatable bonds is 5. The van der Waals surface area contributed by atoms with Crippen molar-refractivity contribution in [2.24, 2.45) is 0 Å². The predicted octanol–water partition coefficient (Wildman–Crippen LogP) is 3.80. The van der Waals surface area contributed by atoms with Crippen molar-refractivity contribution < 1.29 is 22.4 Å². The maximum atomic E-state index is 13.9. The van der Waals surface area contributed by atoms with Crippen molar-refractivity contribution in [2.45, 2.75) is 4.90 Å². The van der Waals surface area contributed by atoms with Crippen molar-refractivity contribution in [3.05, 3.63) is 76.2 Å². The Hall–Kier alpha value is -3.04. The van der Waals surface area contributed by atoms with Crippen LogP contribution in [0.25, 0.3) is 0 Å². The lowest BCUT2D eigenvalue weighted by Gasteiger charge is -2.09. The molecule has 0 unspecified atom stereocenters. The summed E-state index contributed by atoms with van der Waals surface area (Å²) in [6, 6.07) is 12.7. The maximum absolute atomic E-state index is 13.9. The van der Waals surface area contributed by atoms with E-state index in [0.717, 1.165) is 24.5 Å². The molecule has 3 rings (SSSR count). The molecule has 28 heavy (non-hydrogen) atoms. The molecule has 9 heteroatoms. The third-order valence-electron chi connectivity index (χ3n) is 3.76. The SMILES string of the molecule is CS(=O)(=O)c1ccc(F)c(NC(=O)c2ccc(NC(=O)c3cccs3)cc2)c1. The summed E-state index contributed by atoms with van der Waals surface area (Å²) in [5.74, 6) is -1.62. The summed E-state index contributed by atoms with van der Waals surface area (Å²) in [6.45, 7) is 0. The van der Waals surface area contributed by atoms with E-state index < -0.39 is 21.6 Å². The Morgan fingerprint density at radius 3 is 2.29 bits per heavy atom. The summed E-state index contributed by atoms with van der Waals surface area (Å²) < 4.78 is 37.1. The molecule has 144 valence electrons. The molecule has 0 aliphatic rings. The van der Waals surface area contributed by atoms with E-state index in [9.17, 15) is 22.4 Å². The van der Waals surface area contributed by atoms with E-state index in [1.54, 1.807) is 29.6 Å². The van der Waals surface area contributed by atoms with Gasteiger partial charge in [-0.15, -0.1) is 11.3 Å². The van der Waals surface area contributed by atoms with E-state index >= 15 is 0 Å². The topological polar surface area (TPSA) is 92.3 Å². The molecule has 2 amide bonds. The standard InChI is InChI=1S/C19H15FN2O4S2/c1-28(25,26)14-8-9-15(20)16(11-14)22-18(23)12-4-6-13(7-5-12)21-19(24)17-3-2-10-27-17/h2-11H,1H3,(H,21,24)(H,22,23). The van der Waals surface area contributed by atoms with Crippen LogP contribution in [0.5, 0.6) is 0 Å². The zero-order valence-corrected chi connectivity index (χ0v) is 16.2. The van der Waals surface area contributed by atoms with Crippen LogP contribution in [0.15, 0.2) is 64.9 Å². The molecular weight excluding hydrogens is 403 g/mol. The molecule has 0 fully saturated rings. The van der Waals surface area contributed by atoms with Crippen LogP contribution in [0, 0.1) is 5.82 Å². The van der Waals surface area contributed by atoms with Gasteiger partial charge in [0, 0.05) is 17.5 Å². The van der Waals surface area contributed by atoms with Gasteiger partial charge in [-0.2, -0.15) is 0 Å². The van der Waals surface area contributed by atoms with Gasteiger partial charge in [-0.3, -0.25) is 9.59 Å². The van der Waals surface area contributed by atoms with Crippen molar-refractivity contribution in [1.82, 2.24) is 0 Å². The first-order chi connectivity index (χ1) is 13.2. The molecule has 0 aliphatic carbocycles. The lowest BCUT2D eigenvalue weighted by Crippen LogP contribution is -2.14. The van der Waals surface area contributed by atoms with Crippen LogP contribution in [0.3, 0.4) is 0 Å². The number of benzene rings is 2. The molecule has 0 bridgehead atoms. The second kappa shape index (κ2) is 7.91. The summed E-state index contributed by atoms with van der Waals surface area (Å²) in [5.41, 5.74) is 0.487. The number of carbonyl (C=O) groups is 2. The molecule has 2 aromatic carbocycles. The maximum Gasteiger partial charge on any atom is 0.265 e. The van der Waals surface area contributed by atoms with Crippen LogP contribution in [0.4, 0.5) is 15.8 Å². The highest BCUT2D eigenvalue weighted by Crippen LogP contribution is 2.21. The number of hydrogen-bond acceptors (Lipinski definition) is 5. The lowest BCUT2D eigenvalue weighted by atomic mass is 10.2. The van der Waals surface area contributed by atoms with Crippen molar-refractivity contribution in [1.29, 1.82) is 0 Å². The van der Waals surface area contributed by atoms with E-state index in [-0.39, 0.29) is 22.1 Å². The van der Waals surface area contributed by atoms with Crippen molar-refractivity contribution >= 4 is 44.4 Å². The molecule has 0 saturated heterocycles. The normalized spacial score (nSPS) is 11.1. The molecule has 0 aliphatic heterocycles. The van der Waals surface area contributed by atoms with Gasteiger partial charge < -0.3 is 10.6 Å². The minimum atomic E-state index is -3.54. The predicted molar refractivity (Wildman–Crippen MR) is 106 cm³/mol. The number of thiophene rings is 1. The van der Waals surface area contributed by atoms with Crippen LogP contribution in [-0.2, 0) is 9.84 Å². The Morgan fingerprint density at radius 1 is 0.964 bits per heavy atom. The fourth-order valence-electron chi connectivity index (χ4n) is 2.33. The summed E-state index contributed by atoms with van der Waals surface area (Å²) in [6.07, 6.45) is 0.995. The number of sulfone groups is 1. The first kappa shape index (κ1) is 19.7. The molecule has 0 radical (unpaired) electrons. The number of hydrogen-bond donors (Lipinski definition) is 2. The highest BCUT2D eigenvalue weighted by molar-refractivity contribution is 7.90. The third kappa shape index (κ3) is 4.62. The first-order valence-corrected chi connectivity index (χ1v) is 10.8. The average molecular weight is 418 g/mol. The van der Waals surface area contributed by atoms with Gasteiger partial charge in [-0.25, -0.2) is 12.8 Å². The summed E-state index contributed by atoms with van der Waals surface area (Å²) >= 11 is 1.31. The Bertz CT molecular complexity index is 1130. The summed E-state index contributed by atoms with van der Waals surface area (Å²) in [5, 5.41) is 6.86. The monoisotopic (exact) mass is 418 g/mol. The van der Waals surface area contributed by atoms with E-state index in [1.807, 2.05) is 0 Å². The minimum Gasteiger partial charge on any atom is -0.321 e. The van der Waals surface area contributed by atoms with Crippen LogP contribution < -0.4 is 10.6 Å². The zero-order chi connectivity index (χ0) is 20.3. The van der Waals surface area contributed by atoms with Crippen LogP contribution >= 0.6 is 11.3 Å². The Balaban J connectivity index is 1.72. The number of halogens is 1. The number of anilines is 2. The minimum absolute atomic E-state index is 0.101. The molecule has 1 heterocycles. The van der Waals surface area contributed by atoms with Gasteiger partial charge in [0.1, 0.15) is 5.82 Å². The number of nitrogens with one attached hydrogen (secondary N) is 2. The van der Waals surface area contributed by atoms with Gasteiger partial charge in [0.25, 0.3) is 11.8 Å². The van der Waals surface area contributed by atoms with Gasteiger partial charge in [0.15, 0.2) is 9.84 Å². The summed E-state index contributed by atoms with van der Waals surface area (Å²) in [7, 11) is -3.54. The second-order valence-corrected chi connectivity index (χ2v) is 8.84. The van der Waals surface area contributed by atoms with E-state index in [4.69, 9.17) is 0 Å². The Labute approximate surface area is 164 Å². The molecule has 0 atom stereocenters. The molecule has 3 aromatic rings. The van der Waals surface area contributed by atoms with Crippen LogP contribution in [-0.4, -0.2) is 26.5 Å². The first-order valence-electron chi connectivity index (χ1n) is 8.00. The molecular formula is C19H15FN2O4S2. The zero-order valence-electron chi connectivity index (χ0n) is 14.6. The van der Waals surface area contributed by atoms with Gasteiger partial charge >= 0.3 is 0 Å². The third-order valence-corrected chi connectivity index (χ3v) is 5.74. The Morgan fingerprint density at radius 2 is 1.68 bits per heavy atom. The lowest BCUT2D eigenvalue weighted by molar-refractivity contribution is 0.102. The molecule has 0 spiro atoms. The average Bonchev–Trinajstić information content (AvgIpc) is 3.18. The van der Waals surface area contributed by atoms with Gasteiger partial charge in [-0.1, -0.05) is 6.07 Å². The largest absolute Gasteiger partial charge is 0.321 e. The van der Waals surface area contributed by atoms with E-state index in [2.05, 4.69) is 10.6 Å². The molecule has 0 saturated carbocycles. The molecule has 6 nitrogen and oxygen atoms in total. The highest BCUT2D eigenvalue weighted by atomic mass is 32.2. The van der Waals surface area contributed by atoms with Gasteiger partial charge in [-0.05, 0) is 53.9 Å².